The number of rotatable bonds is 5. The van der Waals surface area contributed by atoms with Gasteiger partial charge in [-0.2, -0.15) is 0 Å². The lowest BCUT2D eigenvalue weighted by Gasteiger charge is -2.17. The van der Waals surface area contributed by atoms with Crippen LogP contribution in [0.4, 0.5) is 5.69 Å². The third kappa shape index (κ3) is 3.28. The molecule has 2 rings (SSSR count). The predicted octanol–water partition coefficient (Wildman–Crippen LogP) is 2.93. The van der Waals surface area contributed by atoms with E-state index in [1.165, 1.54) is 14.8 Å². The van der Waals surface area contributed by atoms with Gasteiger partial charge in [0, 0.05) is 22.2 Å². The summed E-state index contributed by atoms with van der Waals surface area (Å²) in [4.78, 5) is 0. The molecule has 1 aliphatic rings. The maximum Gasteiger partial charge on any atom is 0.139 e. The third-order valence-electron chi connectivity index (χ3n) is 3.50. The average Bonchev–Trinajstić information content (AvgIpc) is 3.10. The Labute approximate surface area is 121 Å². The predicted molar refractivity (Wildman–Crippen MR) is 82.1 cm³/mol. The van der Waals surface area contributed by atoms with Crippen LogP contribution in [0.3, 0.4) is 0 Å². The van der Waals surface area contributed by atoms with Crippen molar-refractivity contribution in [3.05, 3.63) is 27.3 Å². The van der Waals surface area contributed by atoms with Crippen molar-refractivity contribution in [1.82, 2.24) is 0 Å². The smallest absolute Gasteiger partial charge is 0.139 e. The number of hydrogen-bond acceptors (Lipinski definition) is 3. The second-order valence-corrected chi connectivity index (χ2v) is 6.33. The number of benzene rings is 1. The van der Waals surface area contributed by atoms with Crippen LogP contribution < -0.4 is 11.1 Å². The Balaban J connectivity index is 1.97. The maximum absolute atomic E-state index is 8.63. The van der Waals surface area contributed by atoms with Crippen molar-refractivity contribution >= 4 is 34.1 Å². The molecule has 1 saturated carbocycles. The Hall–Kier alpha value is -0.980. The van der Waals surface area contributed by atoms with E-state index in [-0.39, 0.29) is 5.41 Å². The van der Waals surface area contributed by atoms with Crippen molar-refractivity contribution < 1.29 is 5.21 Å². The molecule has 1 aliphatic carbocycles. The summed E-state index contributed by atoms with van der Waals surface area (Å²) in [5, 5.41) is 15.2. The molecule has 0 aromatic heterocycles. The van der Waals surface area contributed by atoms with E-state index in [1.54, 1.807) is 0 Å². The number of aryl methyl sites for hydroxylation is 1. The van der Waals surface area contributed by atoms with Gasteiger partial charge in [0.2, 0.25) is 0 Å². The van der Waals surface area contributed by atoms with E-state index in [9.17, 15) is 0 Å². The molecule has 0 unspecified atom stereocenters. The summed E-state index contributed by atoms with van der Waals surface area (Å²) in [5.41, 5.74) is 8.20. The summed E-state index contributed by atoms with van der Waals surface area (Å²) in [6.07, 6.45) is 2.94. The molecule has 0 heterocycles. The molecule has 0 aliphatic heterocycles. The number of hydrogen-bond donors (Lipinski definition) is 3. The monoisotopic (exact) mass is 359 g/mol. The Morgan fingerprint density at radius 1 is 1.56 bits per heavy atom. The number of halogens is 1. The van der Waals surface area contributed by atoms with Gasteiger partial charge in [-0.1, -0.05) is 11.2 Å². The molecule has 18 heavy (non-hydrogen) atoms. The summed E-state index contributed by atoms with van der Waals surface area (Å²) in [7, 11) is 0. The first-order valence-electron chi connectivity index (χ1n) is 6.01. The minimum absolute atomic E-state index is 0.185. The molecule has 1 aromatic rings. The van der Waals surface area contributed by atoms with E-state index in [0.29, 0.717) is 12.3 Å². The van der Waals surface area contributed by atoms with Crippen LogP contribution in [-0.4, -0.2) is 17.6 Å². The number of nitrogens with zero attached hydrogens (tertiary/aromatic N) is 1. The third-order valence-corrected chi connectivity index (χ3v) is 4.17. The highest BCUT2D eigenvalue weighted by Crippen LogP contribution is 2.48. The van der Waals surface area contributed by atoms with Gasteiger partial charge in [-0.25, -0.2) is 0 Å². The van der Waals surface area contributed by atoms with E-state index >= 15 is 0 Å². The van der Waals surface area contributed by atoms with Crippen molar-refractivity contribution in [2.75, 3.05) is 11.9 Å². The summed E-state index contributed by atoms with van der Waals surface area (Å²) in [6, 6.07) is 6.37. The van der Waals surface area contributed by atoms with Gasteiger partial charge in [0.1, 0.15) is 5.84 Å². The van der Waals surface area contributed by atoms with Crippen LogP contribution in [0.15, 0.2) is 23.4 Å². The topological polar surface area (TPSA) is 70.6 Å². The minimum atomic E-state index is 0.185. The first kappa shape index (κ1) is 13.5. The molecular formula is C13H18IN3O. The van der Waals surface area contributed by atoms with Gasteiger partial charge in [-0.3, -0.25) is 0 Å². The molecule has 0 radical (unpaired) electrons. The van der Waals surface area contributed by atoms with Gasteiger partial charge >= 0.3 is 0 Å². The SMILES string of the molecule is Cc1ccc(I)cc1NCC1(C/C(N)=N/O)CC1. The van der Waals surface area contributed by atoms with Gasteiger partial charge in [0.05, 0.1) is 0 Å². The van der Waals surface area contributed by atoms with Crippen LogP contribution >= 0.6 is 22.6 Å². The van der Waals surface area contributed by atoms with Crippen molar-refractivity contribution in [2.45, 2.75) is 26.2 Å². The van der Waals surface area contributed by atoms with Gasteiger partial charge < -0.3 is 16.3 Å². The number of amidine groups is 1. The zero-order valence-electron chi connectivity index (χ0n) is 10.4. The van der Waals surface area contributed by atoms with E-state index in [2.05, 4.69) is 58.2 Å². The number of oxime groups is 1. The molecule has 0 atom stereocenters. The Bertz CT molecular complexity index is 469. The lowest BCUT2D eigenvalue weighted by molar-refractivity contribution is 0.315. The molecule has 4 nitrogen and oxygen atoms in total. The van der Waals surface area contributed by atoms with E-state index in [4.69, 9.17) is 10.9 Å². The van der Waals surface area contributed by atoms with Crippen molar-refractivity contribution in [1.29, 1.82) is 0 Å². The molecule has 4 N–H and O–H groups in total. The molecule has 0 spiro atoms. The second-order valence-electron chi connectivity index (χ2n) is 5.08. The fourth-order valence-electron chi connectivity index (χ4n) is 2.08. The molecule has 0 saturated heterocycles. The molecule has 5 heteroatoms. The van der Waals surface area contributed by atoms with Crippen LogP contribution in [0.1, 0.15) is 24.8 Å². The van der Waals surface area contributed by atoms with Crippen LogP contribution in [-0.2, 0) is 0 Å². The van der Waals surface area contributed by atoms with Gasteiger partial charge in [0.15, 0.2) is 0 Å². The van der Waals surface area contributed by atoms with E-state index in [0.717, 1.165) is 19.4 Å². The first-order valence-corrected chi connectivity index (χ1v) is 7.09. The van der Waals surface area contributed by atoms with Gasteiger partial charge in [-0.15, -0.1) is 0 Å². The Morgan fingerprint density at radius 2 is 2.28 bits per heavy atom. The van der Waals surface area contributed by atoms with E-state index in [1.807, 2.05) is 0 Å². The summed E-state index contributed by atoms with van der Waals surface area (Å²) < 4.78 is 1.22. The Kier molecular flexibility index (Phi) is 3.99. The fourth-order valence-corrected chi connectivity index (χ4v) is 2.57. The second kappa shape index (κ2) is 5.34. The standard InChI is InChI=1S/C13H18IN3O/c1-9-2-3-10(14)6-11(9)16-8-13(4-5-13)7-12(15)17-18/h2-3,6,16,18H,4-5,7-8H2,1H3,(H2,15,17). The lowest BCUT2D eigenvalue weighted by atomic mass is 10.0. The molecule has 98 valence electrons. The van der Waals surface area contributed by atoms with Crippen molar-refractivity contribution in [2.24, 2.45) is 16.3 Å². The highest BCUT2D eigenvalue weighted by Gasteiger charge is 2.43. The zero-order valence-corrected chi connectivity index (χ0v) is 12.6. The Morgan fingerprint density at radius 3 is 2.89 bits per heavy atom. The van der Waals surface area contributed by atoms with Crippen LogP contribution in [0.5, 0.6) is 0 Å². The summed E-state index contributed by atoms with van der Waals surface area (Å²) in [5.74, 6) is 0.327. The summed E-state index contributed by atoms with van der Waals surface area (Å²) >= 11 is 2.31. The first-order chi connectivity index (χ1) is 8.54. The lowest BCUT2D eigenvalue weighted by Crippen LogP contribution is -2.23. The molecule has 1 aromatic carbocycles. The highest BCUT2D eigenvalue weighted by atomic mass is 127. The number of nitrogens with two attached hydrogens (primary N) is 1. The van der Waals surface area contributed by atoms with Crippen molar-refractivity contribution in [3.63, 3.8) is 0 Å². The van der Waals surface area contributed by atoms with Gasteiger partial charge in [0.25, 0.3) is 0 Å². The van der Waals surface area contributed by atoms with Gasteiger partial charge in [-0.05, 0) is 65.5 Å². The quantitative estimate of drug-likeness (QED) is 0.249. The molecule has 0 amide bonds. The number of nitrogens with one attached hydrogen (secondary N) is 1. The van der Waals surface area contributed by atoms with Crippen LogP contribution in [0, 0.1) is 15.9 Å². The van der Waals surface area contributed by atoms with E-state index < -0.39 is 0 Å². The summed E-state index contributed by atoms with van der Waals surface area (Å²) in [6.45, 7) is 2.98. The van der Waals surface area contributed by atoms with Crippen LogP contribution in [0.2, 0.25) is 0 Å². The largest absolute Gasteiger partial charge is 0.409 e. The van der Waals surface area contributed by atoms with Crippen LogP contribution in [0.25, 0.3) is 0 Å². The minimum Gasteiger partial charge on any atom is -0.409 e. The highest BCUT2D eigenvalue weighted by molar-refractivity contribution is 14.1. The average molecular weight is 359 g/mol. The normalized spacial score (nSPS) is 17.6. The number of anilines is 1. The fraction of sp³-hybridized carbons (Fsp3) is 0.462. The zero-order chi connectivity index (χ0) is 13.2. The maximum atomic E-state index is 8.63. The molecule has 0 bridgehead atoms. The van der Waals surface area contributed by atoms with Crippen molar-refractivity contribution in [3.8, 4) is 0 Å². The molecule has 1 fully saturated rings. The molecular weight excluding hydrogens is 341 g/mol.